The van der Waals surface area contributed by atoms with Crippen molar-refractivity contribution in [2.24, 2.45) is 11.3 Å². The Balaban J connectivity index is 1.87. The first-order valence-electron chi connectivity index (χ1n) is 8.24. The van der Waals surface area contributed by atoms with E-state index in [-0.39, 0.29) is 0 Å². The predicted octanol–water partition coefficient (Wildman–Crippen LogP) is 3.92. The first-order valence-corrected chi connectivity index (χ1v) is 8.24. The molecule has 1 aromatic heterocycles. The quantitative estimate of drug-likeness (QED) is 0.902. The molecule has 0 bridgehead atoms. The molecule has 0 amide bonds. The Hall–Kier alpha value is -0.890. The topological polar surface area (TPSA) is 24.9 Å². The van der Waals surface area contributed by atoms with Gasteiger partial charge in [-0.15, -0.1) is 0 Å². The molecule has 1 N–H and O–H groups in total. The minimum Gasteiger partial charge on any atom is -0.316 e. The summed E-state index contributed by atoms with van der Waals surface area (Å²) in [5, 5.41) is 3.67. The van der Waals surface area contributed by atoms with Crippen molar-refractivity contribution in [2.45, 2.75) is 64.3 Å². The summed E-state index contributed by atoms with van der Waals surface area (Å²) in [6.45, 7) is 4.94. The Labute approximate surface area is 123 Å². The van der Waals surface area contributed by atoms with Gasteiger partial charge in [0.05, 0.1) is 0 Å². The smallest absolute Gasteiger partial charge is 0.0482 e. The van der Waals surface area contributed by atoms with Crippen LogP contribution < -0.4 is 5.32 Å². The van der Waals surface area contributed by atoms with E-state index < -0.39 is 0 Å². The number of rotatable bonds is 3. The number of aromatic nitrogens is 1. The third-order valence-corrected chi connectivity index (χ3v) is 5.79. The molecule has 2 nitrogen and oxygen atoms in total. The minimum atomic E-state index is 0.462. The van der Waals surface area contributed by atoms with Crippen molar-refractivity contribution in [3.8, 4) is 0 Å². The van der Waals surface area contributed by atoms with Gasteiger partial charge in [-0.1, -0.05) is 32.8 Å². The van der Waals surface area contributed by atoms with Gasteiger partial charge in [0.25, 0.3) is 0 Å². The number of hydrogen-bond acceptors (Lipinski definition) is 2. The number of fused-ring (bicyclic) bond motifs is 1. The molecule has 3 atom stereocenters. The van der Waals surface area contributed by atoms with E-state index in [1.165, 1.54) is 49.8 Å². The van der Waals surface area contributed by atoms with Gasteiger partial charge < -0.3 is 5.32 Å². The number of hydrogen-bond donors (Lipinski definition) is 1. The highest BCUT2D eigenvalue weighted by Gasteiger charge is 2.42. The van der Waals surface area contributed by atoms with Crippen LogP contribution in [0.1, 0.15) is 63.1 Å². The SMILES string of the molecule is CNC(C1CCc2cccnc21)C1CCCCC1(C)C. The molecule has 0 spiro atoms. The van der Waals surface area contributed by atoms with Crippen LogP contribution in [0.5, 0.6) is 0 Å². The van der Waals surface area contributed by atoms with E-state index in [1.807, 2.05) is 6.20 Å². The second-order valence-electron chi connectivity index (χ2n) is 7.35. The average molecular weight is 272 g/mol. The lowest BCUT2D eigenvalue weighted by molar-refractivity contribution is 0.0896. The summed E-state index contributed by atoms with van der Waals surface area (Å²) in [6.07, 6.45) is 9.99. The zero-order chi connectivity index (χ0) is 14.2. The minimum absolute atomic E-state index is 0.462. The first-order chi connectivity index (χ1) is 9.63. The lowest BCUT2D eigenvalue weighted by Gasteiger charge is -2.45. The van der Waals surface area contributed by atoms with E-state index in [9.17, 15) is 0 Å². The van der Waals surface area contributed by atoms with E-state index in [1.54, 1.807) is 0 Å². The van der Waals surface area contributed by atoms with Crippen LogP contribution in [0.2, 0.25) is 0 Å². The Morgan fingerprint density at radius 1 is 1.30 bits per heavy atom. The highest BCUT2D eigenvalue weighted by molar-refractivity contribution is 5.30. The molecular weight excluding hydrogens is 244 g/mol. The van der Waals surface area contributed by atoms with Crippen LogP contribution in [0, 0.1) is 11.3 Å². The number of aryl methyl sites for hydroxylation is 1. The van der Waals surface area contributed by atoms with E-state index >= 15 is 0 Å². The van der Waals surface area contributed by atoms with Crippen molar-refractivity contribution >= 4 is 0 Å². The Morgan fingerprint density at radius 3 is 2.90 bits per heavy atom. The molecular formula is C18H28N2. The maximum atomic E-state index is 4.71. The van der Waals surface area contributed by atoms with Crippen LogP contribution >= 0.6 is 0 Å². The molecule has 0 aromatic carbocycles. The first kappa shape index (κ1) is 14.1. The number of likely N-dealkylation sites (N-methyl/N-ethyl adjacent to an activating group) is 1. The lowest BCUT2D eigenvalue weighted by atomic mass is 9.63. The van der Waals surface area contributed by atoms with Gasteiger partial charge in [0.2, 0.25) is 0 Å². The van der Waals surface area contributed by atoms with Gasteiger partial charge >= 0.3 is 0 Å². The fraction of sp³-hybridized carbons (Fsp3) is 0.722. The summed E-state index contributed by atoms with van der Waals surface area (Å²) in [7, 11) is 2.15. The normalized spacial score (nSPS) is 29.9. The summed E-state index contributed by atoms with van der Waals surface area (Å²) in [4.78, 5) is 4.71. The molecule has 2 aliphatic rings. The molecule has 0 saturated heterocycles. The van der Waals surface area contributed by atoms with Crippen molar-refractivity contribution in [3.05, 3.63) is 29.6 Å². The van der Waals surface area contributed by atoms with Crippen LogP contribution in [-0.2, 0) is 6.42 Å². The van der Waals surface area contributed by atoms with Crippen molar-refractivity contribution in [2.75, 3.05) is 7.05 Å². The summed E-state index contributed by atoms with van der Waals surface area (Å²) >= 11 is 0. The Kier molecular flexibility index (Phi) is 3.85. The second kappa shape index (κ2) is 5.48. The molecule has 0 radical (unpaired) electrons. The third-order valence-electron chi connectivity index (χ3n) is 5.79. The third kappa shape index (κ3) is 2.39. The Bertz CT molecular complexity index is 466. The van der Waals surface area contributed by atoms with Crippen molar-refractivity contribution in [3.63, 3.8) is 0 Å². The molecule has 2 aliphatic carbocycles. The highest BCUT2D eigenvalue weighted by atomic mass is 14.9. The molecule has 2 heteroatoms. The molecule has 110 valence electrons. The van der Waals surface area contributed by atoms with Crippen LogP contribution in [0.4, 0.5) is 0 Å². The zero-order valence-electron chi connectivity index (χ0n) is 13.2. The highest BCUT2D eigenvalue weighted by Crippen LogP contribution is 2.47. The fourth-order valence-corrected chi connectivity index (χ4v) is 4.66. The molecule has 1 aromatic rings. The monoisotopic (exact) mass is 272 g/mol. The number of nitrogens with one attached hydrogen (secondary N) is 1. The van der Waals surface area contributed by atoms with Crippen molar-refractivity contribution in [1.29, 1.82) is 0 Å². The van der Waals surface area contributed by atoms with Gasteiger partial charge in [0, 0.05) is 23.9 Å². The number of nitrogens with zero attached hydrogens (tertiary/aromatic N) is 1. The molecule has 1 heterocycles. The largest absolute Gasteiger partial charge is 0.316 e. The lowest BCUT2D eigenvalue weighted by Crippen LogP contribution is -2.46. The molecule has 1 fully saturated rings. The van der Waals surface area contributed by atoms with Crippen molar-refractivity contribution in [1.82, 2.24) is 10.3 Å². The maximum Gasteiger partial charge on any atom is 0.0482 e. The zero-order valence-corrected chi connectivity index (χ0v) is 13.2. The molecule has 3 unspecified atom stereocenters. The van der Waals surface area contributed by atoms with Crippen LogP contribution in [0.25, 0.3) is 0 Å². The molecule has 3 rings (SSSR count). The van der Waals surface area contributed by atoms with E-state index in [0.29, 0.717) is 17.4 Å². The summed E-state index contributed by atoms with van der Waals surface area (Å²) in [6, 6.07) is 4.93. The molecule has 0 aliphatic heterocycles. The van der Waals surface area contributed by atoms with Crippen molar-refractivity contribution < 1.29 is 0 Å². The average Bonchev–Trinajstić information content (AvgIpc) is 2.85. The molecule has 1 saturated carbocycles. The summed E-state index contributed by atoms with van der Waals surface area (Å²) < 4.78 is 0. The Morgan fingerprint density at radius 2 is 2.15 bits per heavy atom. The standard InChI is InChI=1S/C18H28N2/c1-18(2)11-5-4-8-15(18)17(19-3)14-10-9-13-7-6-12-20-16(13)14/h6-7,12,14-15,17,19H,4-5,8-11H2,1-3H3. The predicted molar refractivity (Wildman–Crippen MR) is 83.9 cm³/mol. The number of pyridine rings is 1. The van der Waals surface area contributed by atoms with E-state index in [4.69, 9.17) is 4.98 Å². The van der Waals surface area contributed by atoms with Gasteiger partial charge in [-0.2, -0.15) is 0 Å². The van der Waals surface area contributed by atoms with Gasteiger partial charge in [-0.25, -0.2) is 0 Å². The van der Waals surface area contributed by atoms with Crippen LogP contribution in [0.3, 0.4) is 0 Å². The maximum absolute atomic E-state index is 4.71. The summed E-state index contributed by atoms with van der Waals surface area (Å²) in [5.74, 6) is 1.39. The van der Waals surface area contributed by atoms with Crippen LogP contribution in [-0.4, -0.2) is 18.1 Å². The molecule has 20 heavy (non-hydrogen) atoms. The van der Waals surface area contributed by atoms with Gasteiger partial charge in [0.15, 0.2) is 0 Å². The van der Waals surface area contributed by atoms with Crippen LogP contribution in [0.15, 0.2) is 18.3 Å². The van der Waals surface area contributed by atoms with Gasteiger partial charge in [-0.3, -0.25) is 4.98 Å². The second-order valence-corrected chi connectivity index (χ2v) is 7.35. The van der Waals surface area contributed by atoms with Gasteiger partial charge in [0.1, 0.15) is 0 Å². The van der Waals surface area contributed by atoms with E-state index in [2.05, 4.69) is 38.3 Å². The fourth-order valence-electron chi connectivity index (χ4n) is 4.66. The van der Waals surface area contributed by atoms with E-state index in [0.717, 1.165) is 5.92 Å². The summed E-state index contributed by atoms with van der Waals surface area (Å²) in [5.41, 5.74) is 3.31. The van der Waals surface area contributed by atoms with Gasteiger partial charge in [-0.05, 0) is 55.7 Å².